The maximum Gasteiger partial charge on any atom is 0.175 e. The number of nitrogens with one attached hydrogen (secondary N) is 1. The summed E-state index contributed by atoms with van der Waals surface area (Å²) in [6.07, 6.45) is 7.62. The van der Waals surface area contributed by atoms with Gasteiger partial charge in [-0.2, -0.15) is 5.10 Å². The minimum absolute atomic E-state index is 0.0258. The van der Waals surface area contributed by atoms with Crippen molar-refractivity contribution >= 4 is 27.5 Å². The lowest BCUT2D eigenvalue weighted by Gasteiger charge is -2.23. The minimum atomic E-state index is -0.573. The van der Waals surface area contributed by atoms with Gasteiger partial charge in [-0.25, -0.2) is 13.8 Å². The van der Waals surface area contributed by atoms with Crippen LogP contribution >= 0.6 is 0 Å². The van der Waals surface area contributed by atoms with Gasteiger partial charge < -0.3 is 15.3 Å². The van der Waals surface area contributed by atoms with E-state index in [1.54, 1.807) is 6.07 Å². The Bertz CT molecular complexity index is 1650. The molecule has 1 saturated heterocycles. The Hall–Kier alpha value is -3.70. The number of aromatic hydroxyl groups is 1. The minimum Gasteiger partial charge on any atom is -0.508 e. The van der Waals surface area contributed by atoms with Gasteiger partial charge >= 0.3 is 0 Å². The summed E-state index contributed by atoms with van der Waals surface area (Å²) in [5, 5.41) is 20.8. The molecule has 0 bridgehead atoms. The molecule has 7 rings (SSSR count). The molecule has 0 spiro atoms. The predicted octanol–water partition coefficient (Wildman–Crippen LogP) is 5.33. The Morgan fingerprint density at radius 3 is 2.53 bits per heavy atom. The van der Waals surface area contributed by atoms with Crippen LogP contribution in [0.1, 0.15) is 49.9 Å². The molecule has 3 aliphatic rings. The monoisotopic (exact) mass is 513 g/mol. The molecule has 1 aliphatic heterocycles. The number of piperidine rings is 1. The van der Waals surface area contributed by atoms with E-state index in [9.17, 15) is 9.50 Å². The van der Waals surface area contributed by atoms with Crippen LogP contribution in [0.25, 0.3) is 32.9 Å². The van der Waals surface area contributed by atoms with Crippen molar-refractivity contribution in [3.05, 3.63) is 47.2 Å². The van der Waals surface area contributed by atoms with Crippen LogP contribution in [0.2, 0.25) is 0 Å². The molecular formula is C30H29F2N5O. The van der Waals surface area contributed by atoms with Crippen molar-refractivity contribution in [2.45, 2.75) is 38.6 Å². The van der Waals surface area contributed by atoms with E-state index in [1.165, 1.54) is 18.2 Å². The van der Waals surface area contributed by atoms with E-state index in [0.717, 1.165) is 37.0 Å². The van der Waals surface area contributed by atoms with Gasteiger partial charge in [0, 0.05) is 30.0 Å². The topological polar surface area (TPSA) is 66.2 Å². The van der Waals surface area contributed by atoms with Crippen LogP contribution in [0.4, 0.5) is 14.6 Å². The molecule has 6 nitrogen and oxygen atoms in total. The quantitative estimate of drug-likeness (QED) is 0.341. The first kappa shape index (κ1) is 23.4. The first-order valence-corrected chi connectivity index (χ1v) is 13.5. The van der Waals surface area contributed by atoms with Gasteiger partial charge in [-0.05, 0) is 75.2 Å². The lowest BCUT2D eigenvalue weighted by atomic mass is 9.95. The van der Waals surface area contributed by atoms with E-state index in [1.807, 2.05) is 4.68 Å². The van der Waals surface area contributed by atoms with Crippen LogP contribution < -0.4 is 10.2 Å². The standard InChI is InChI=1S/C30H29F2N5O/c1-4-18-22(31)10-7-15-11-17(38)12-19(23(15)18)27-26(32)29-25(30(34-27)36(5-2)6-3)28(35-37(29)16-8-9-16)24-20-13-33-14-21(20)24/h1,7,10-12,16,20-21,24,33,38H,5-6,8-9,13-14H2,2-3H3. The molecule has 2 saturated carbocycles. The summed E-state index contributed by atoms with van der Waals surface area (Å²) in [6, 6.07) is 5.90. The molecule has 2 atom stereocenters. The van der Waals surface area contributed by atoms with Gasteiger partial charge in [0.15, 0.2) is 5.82 Å². The number of rotatable bonds is 6. The number of hydrogen-bond donors (Lipinski definition) is 2. The molecule has 38 heavy (non-hydrogen) atoms. The first-order valence-electron chi connectivity index (χ1n) is 13.5. The summed E-state index contributed by atoms with van der Waals surface area (Å²) in [6.45, 7) is 7.38. The molecule has 3 fully saturated rings. The van der Waals surface area contributed by atoms with Crippen LogP contribution in [-0.4, -0.2) is 46.1 Å². The van der Waals surface area contributed by atoms with Gasteiger partial charge in [0.2, 0.25) is 0 Å². The first-order chi connectivity index (χ1) is 18.5. The van der Waals surface area contributed by atoms with Crippen LogP contribution in [-0.2, 0) is 0 Å². The van der Waals surface area contributed by atoms with Crippen molar-refractivity contribution < 1.29 is 13.9 Å². The molecule has 2 N–H and O–H groups in total. The third-order valence-corrected chi connectivity index (χ3v) is 8.61. The molecule has 194 valence electrons. The number of benzene rings is 2. The number of phenols is 1. The van der Waals surface area contributed by atoms with E-state index in [2.05, 4.69) is 30.0 Å². The van der Waals surface area contributed by atoms with Crippen LogP contribution in [0.15, 0.2) is 24.3 Å². The average molecular weight is 514 g/mol. The maximum absolute atomic E-state index is 16.9. The van der Waals surface area contributed by atoms with E-state index in [4.69, 9.17) is 16.5 Å². The SMILES string of the molecule is C#Cc1c(F)ccc2cc(O)cc(-c3nc(N(CC)CC)c4c(C5C6CNCC65)nn(C5CC5)c4c3F)c12. The highest BCUT2D eigenvalue weighted by Gasteiger charge is 2.56. The molecule has 3 heterocycles. The van der Waals surface area contributed by atoms with Crippen molar-refractivity contribution in [3.8, 4) is 29.4 Å². The number of nitrogens with zero attached hydrogens (tertiary/aromatic N) is 4. The number of hydrogen-bond acceptors (Lipinski definition) is 5. The Kier molecular flexibility index (Phi) is 5.18. The fraction of sp³-hybridized carbons (Fsp3) is 0.400. The summed E-state index contributed by atoms with van der Waals surface area (Å²) in [7, 11) is 0. The zero-order valence-electron chi connectivity index (χ0n) is 21.4. The largest absolute Gasteiger partial charge is 0.508 e. The van der Waals surface area contributed by atoms with Gasteiger partial charge in [0.1, 0.15) is 28.6 Å². The van der Waals surface area contributed by atoms with Gasteiger partial charge in [0.25, 0.3) is 0 Å². The zero-order valence-corrected chi connectivity index (χ0v) is 21.4. The molecule has 0 amide bonds. The normalized spacial score (nSPS) is 22.1. The van der Waals surface area contributed by atoms with E-state index in [0.29, 0.717) is 53.0 Å². The molecule has 2 unspecified atom stereocenters. The smallest absolute Gasteiger partial charge is 0.175 e. The Morgan fingerprint density at radius 1 is 1.13 bits per heavy atom. The highest BCUT2D eigenvalue weighted by atomic mass is 19.1. The van der Waals surface area contributed by atoms with Crippen LogP contribution in [0, 0.1) is 35.8 Å². The van der Waals surface area contributed by atoms with Gasteiger partial charge in [-0.1, -0.05) is 12.0 Å². The number of aromatic nitrogens is 3. The lowest BCUT2D eigenvalue weighted by molar-refractivity contribution is 0.476. The van der Waals surface area contributed by atoms with Crippen LogP contribution in [0.5, 0.6) is 5.75 Å². The molecular weight excluding hydrogens is 484 g/mol. The Balaban J connectivity index is 1.58. The Labute approximate surface area is 219 Å². The molecule has 0 radical (unpaired) electrons. The molecule has 2 aromatic carbocycles. The molecule has 8 heteroatoms. The molecule has 4 aromatic rings. The summed E-state index contributed by atoms with van der Waals surface area (Å²) in [5.74, 6) is 3.29. The molecule has 2 aliphatic carbocycles. The van der Waals surface area contributed by atoms with Crippen molar-refractivity contribution in [2.75, 3.05) is 31.1 Å². The summed E-state index contributed by atoms with van der Waals surface area (Å²) < 4.78 is 33.6. The van der Waals surface area contributed by atoms with Crippen molar-refractivity contribution in [1.82, 2.24) is 20.1 Å². The average Bonchev–Trinajstić information content (AvgIpc) is 3.79. The molecule has 2 aromatic heterocycles. The lowest BCUT2D eigenvalue weighted by Crippen LogP contribution is -2.24. The van der Waals surface area contributed by atoms with E-state index in [-0.39, 0.29) is 28.6 Å². The van der Waals surface area contributed by atoms with Gasteiger partial charge in [-0.15, -0.1) is 6.42 Å². The number of terminal acetylenes is 1. The fourth-order valence-electron chi connectivity index (χ4n) is 6.53. The van der Waals surface area contributed by atoms with Crippen molar-refractivity contribution in [1.29, 1.82) is 0 Å². The second kappa shape index (κ2) is 8.40. The van der Waals surface area contributed by atoms with Crippen molar-refractivity contribution in [3.63, 3.8) is 0 Å². The number of halogens is 2. The maximum atomic E-state index is 16.9. The van der Waals surface area contributed by atoms with Crippen molar-refractivity contribution in [2.24, 2.45) is 11.8 Å². The highest BCUT2D eigenvalue weighted by Crippen LogP contribution is 2.58. The second-order valence-electron chi connectivity index (χ2n) is 10.7. The fourth-order valence-corrected chi connectivity index (χ4v) is 6.53. The van der Waals surface area contributed by atoms with Gasteiger partial charge in [-0.3, -0.25) is 4.68 Å². The predicted molar refractivity (Wildman–Crippen MR) is 144 cm³/mol. The highest BCUT2D eigenvalue weighted by molar-refractivity contribution is 6.04. The zero-order chi connectivity index (χ0) is 26.3. The third kappa shape index (κ3) is 3.27. The second-order valence-corrected chi connectivity index (χ2v) is 10.7. The number of fused-ring (bicyclic) bond motifs is 3. The third-order valence-electron chi connectivity index (χ3n) is 8.61. The van der Waals surface area contributed by atoms with E-state index >= 15 is 4.39 Å². The van der Waals surface area contributed by atoms with Crippen LogP contribution in [0.3, 0.4) is 0 Å². The number of pyridine rings is 1. The number of phenolic OH excluding ortho intramolecular Hbond substituents is 1. The number of anilines is 1. The van der Waals surface area contributed by atoms with E-state index < -0.39 is 11.6 Å². The van der Waals surface area contributed by atoms with Gasteiger partial charge in [0.05, 0.1) is 22.7 Å². The summed E-state index contributed by atoms with van der Waals surface area (Å²) in [4.78, 5) is 7.07. The Morgan fingerprint density at radius 2 is 1.87 bits per heavy atom. The summed E-state index contributed by atoms with van der Waals surface area (Å²) in [5.41, 5.74) is 1.74. The summed E-state index contributed by atoms with van der Waals surface area (Å²) >= 11 is 0.